The lowest BCUT2D eigenvalue weighted by molar-refractivity contribution is -0.192. The van der Waals surface area contributed by atoms with Gasteiger partial charge in [0.2, 0.25) is 0 Å². The fourth-order valence-corrected chi connectivity index (χ4v) is 2.22. The van der Waals surface area contributed by atoms with Crippen LogP contribution in [0.3, 0.4) is 0 Å². The first-order valence-electron chi connectivity index (χ1n) is 7.28. The van der Waals surface area contributed by atoms with Crippen LogP contribution in [0.15, 0.2) is 23.4 Å². The number of carboxylic acid groups (broad SMARTS) is 1. The van der Waals surface area contributed by atoms with Crippen LogP contribution in [-0.2, 0) is 4.79 Å². The lowest BCUT2D eigenvalue weighted by Gasteiger charge is -2.14. The highest BCUT2D eigenvalue weighted by Crippen LogP contribution is 2.14. The summed E-state index contributed by atoms with van der Waals surface area (Å²) < 4.78 is 31.7. The van der Waals surface area contributed by atoms with Crippen LogP contribution < -0.4 is 11.3 Å². The Morgan fingerprint density at radius 3 is 2.54 bits per heavy atom. The normalized spacial score (nSPS) is 16.9. The number of likely N-dealkylation sites (tertiary alicyclic amines) is 1. The number of fused-ring (bicyclic) bond motifs is 1. The molecule has 0 spiro atoms. The molecule has 0 bridgehead atoms. The summed E-state index contributed by atoms with van der Waals surface area (Å²) in [7, 11) is 0. The number of aromatic nitrogens is 3. The topological polar surface area (TPSA) is 142 Å². The zero-order valence-corrected chi connectivity index (χ0v) is 13.2. The van der Waals surface area contributed by atoms with Gasteiger partial charge in [-0.2, -0.15) is 13.2 Å². The zero-order valence-electron chi connectivity index (χ0n) is 13.2. The highest BCUT2D eigenvalue weighted by molar-refractivity contribution is 5.95. The van der Waals surface area contributed by atoms with Gasteiger partial charge in [-0.3, -0.25) is 9.59 Å². The third-order valence-corrected chi connectivity index (χ3v) is 3.50. The third kappa shape index (κ3) is 4.53. The number of aromatic amines is 1. The van der Waals surface area contributed by atoms with Crippen molar-refractivity contribution < 1.29 is 27.9 Å². The highest BCUT2D eigenvalue weighted by atomic mass is 19.4. The Kier molecular flexibility index (Phi) is 5.55. The fraction of sp³-hybridized carbons (Fsp3) is 0.357. The van der Waals surface area contributed by atoms with E-state index in [1.54, 1.807) is 4.90 Å². The summed E-state index contributed by atoms with van der Waals surface area (Å²) in [6, 6.07) is 1.50. The summed E-state index contributed by atoms with van der Waals surface area (Å²) in [5.74, 6) is -2.95. The van der Waals surface area contributed by atoms with E-state index in [-0.39, 0.29) is 23.2 Å². The van der Waals surface area contributed by atoms with Crippen LogP contribution in [0.4, 0.5) is 13.2 Å². The van der Waals surface area contributed by atoms with Gasteiger partial charge in [-0.05, 0) is 12.5 Å². The quantitative estimate of drug-likeness (QED) is 0.644. The van der Waals surface area contributed by atoms with E-state index in [0.29, 0.717) is 24.0 Å². The average molecular weight is 373 g/mol. The number of nitrogens with one attached hydrogen (secondary N) is 1. The number of rotatable bonds is 1. The maximum atomic E-state index is 12.2. The second-order valence-corrected chi connectivity index (χ2v) is 5.42. The number of amides is 1. The molecule has 0 aromatic carbocycles. The van der Waals surface area contributed by atoms with Gasteiger partial charge in [0.25, 0.3) is 11.5 Å². The SMILES string of the molecule is N[C@@H]1CCN(C(=O)c2cc3c(=O)[nH]cnc3cn2)C1.O=C(O)C(F)(F)F. The van der Waals surface area contributed by atoms with Crippen LogP contribution in [0.2, 0.25) is 0 Å². The number of carbonyl (C=O) groups excluding carboxylic acids is 1. The first kappa shape index (κ1) is 19.3. The van der Waals surface area contributed by atoms with Crippen molar-refractivity contribution in [1.82, 2.24) is 19.9 Å². The molecular formula is C14H14F3N5O4. The number of nitrogens with zero attached hydrogens (tertiary/aromatic N) is 3. The monoisotopic (exact) mass is 373 g/mol. The van der Waals surface area contributed by atoms with Crippen molar-refractivity contribution in [2.24, 2.45) is 5.73 Å². The minimum absolute atomic E-state index is 0.0227. The average Bonchev–Trinajstić information content (AvgIpc) is 3.00. The van der Waals surface area contributed by atoms with E-state index in [1.807, 2.05) is 0 Å². The van der Waals surface area contributed by atoms with Crippen LogP contribution in [0, 0.1) is 0 Å². The van der Waals surface area contributed by atoms with E-state index in [2.05, 4.69) is 15.0 Å². The van der Waals surface area contributed by atoms with E-state index in [4.69, 9.17) is 15.6 Å². The van der Waals surface area contributed by atoms with Gasteiger partial charge in [-0.15, -0.1) is 0 Å². The molecule has 2 aromatic heterocycles. The maximum Gasteiger partial charge on any atom is 0.490 e. The number of carbonyl (C=O) groups is 2. The number of H-pyrrole nitrogens is 1. The molecule has 140 valence electrons. The van der Waals surface area contributed by atoms with Crippen LogP contribution in [0.5, 0.6) is 0 Å². The Labute approximate surface area is 143 Å². The first-order chi connectivity index (χ1) is 12.1. The third-order valence-electron chi connectivity index (χ3n) is 3.50. The molecule has 4 N–H and O–H groups in total. The van der Waals surface area contributed by atoms with E-state index >= 15 is 0 Å². The number of alkyl halides is 3. The predicted molar refractivity (Wildman–Crippen MR) is 82.3 cm³/mol. The largest absolute Gasteiger partial charge is 0.490 e. The second-order valence-electron chi connectivity index (χ2n) is 5.42. The molecule has 9 nitrogen and oxygen atoms in total. The molecule has 3 heterocycles. The molecule has 2 aromatic rings. The number of aliphatic carboxylic acids is 1. The molecule has 0 aliphatic carbocycles. The summed E-state index contributed by atoms with van der Waals surface area (Å²) in [6.45, 7) is 1.16. The highest BCUT2D eigenvalue weighted by Gasteiger charge is 2.38. The number of hydrogen-bond donors (Lipinski definition) is 3. The predicted octanol–water partition coefficient (Wildman–Crippen LogP) is 0.125. The van der Waals surface area contributed by atoms with Crippen molar-refractivity contribution in [3.8, 4) is 0 Å². The summed E-state index contributed by atoms with van der Waals surface area (Å²) >= 11 is 0. The molecule has 0 radical (unpaired) electrons. The molecule has 1 fully saturated rings. The minimum Gasteiger partial charge on any atom is -0.475 e. The van der Waals surface area contributed by atoms with Gasteiger partial charge >= 0.3 is 12.1 Å². The number of halogens is 3. The number of carboxylic acids is 1. The molecular weight excluding hydrogens is 359 g/mol. The minimum atomic E-state index is -5.08. The standard InChI is InChI=1S/C12H13N5O2.C2HF3O2/c13-7-1-2-17(5-7)12(19)9-3-8-10(4-14-9)15-6-16-11(8)18;3-2(4,5)1(6)7/h3-4,6-7H,1-2,5,13H2,(H,15,16,18);(H,6,7)/t7-;/m1./s1. The zero-order chi connectivity index (χ0) is 19.5. The van der Waals surface area contributed by atoms with E-state index in [1.165, 1.54) is 18.6 Å². The van der Waals surface area contributed by atoms with Gasteiger partial charge in [0.1, 0.15) is 5.69 Å². The smallest absolute Gasteiger partial charge is 0.475 e. The molecule has 0 saturated carbocycles. The Morgan fingerprint density at radius 2 is 2.00 bits per heavy atom. The Bertz CT molecular complexity index is 883. The summed E-state index contributed by atoms with van der Waals surface area (Å²) in [4.78, 5) is 45.0. The van der Waals surface area contributed by atoms with Crippen molar-refractivity contribution in [3.05, 3.63) is 34.6 Å². The first-order valence-corrected chi connectivity index (χ1v) is 7.28. The van der Waals surface area contributed by atoms with Gasteiger partial charge in [0.05, 0.1) is 23.4 Å². The van der Waals surface area contributed by atoms with Crippen LogP contribution >= 0.6 is 0 Å². The van der Waals surface area contributed by atoms with E-state index in [0.717, 1.165) is 6.42 Å². The van der Waals surface area contributed by atoms with Gasteiger partial charge in [-0.1, -0.05) is 0 Å². The molecule has 1 aliphatic rings. The van der Waals surface area contributed by atoms with Crippen molar-refractivity contribution in [1.29, 1.82) is 0 Å². The lowest BCUT2D eigenvalue weighted by Crippen LogP contribution is -2.32. The molecule has 12 heteroatoms. The number of hydrogen-bond acceptors (Lipinski definition) is 6. The fourth-order valence-electron chi connectivity index (χ4n) is 2.22. The second kappa shape index (κ2) is 7.47. The lowest BCUT2D eigenvalue weighted by atomic mass is 10.2. The molecule has 3 rings (SSSR count). The van der Waals surface area contributed by atoms with Crippen molar-refractivity contribution in [3.63, 3.8) is 0 Å². The van der Waals surface area contributed by atoms with Gasteiger partial charge in [-0.25, -0.2) is 14.8 Å². The summed E-state index contributed by atoms with van der Waals surface area (Å²) in [5, 5.41) is 7.49. The van der Waals surface area contributed by atoms with Gasteiger partial charge in [0, 0.05) is 19.1 Å². The van der Waals surface area contributed by atoms with Crippen LogP contribution in [0.1, 0.15) is 16.9 Å². The van der Waals surface area contributed by atoms with Gasteiger partial charge < -0.3 is 20.7 Å². The summed E-state index contributed by atoms with van der Waals surface area (Å²) in [6.07, 6.45) is -1.54. The van der Waals surface area contributed by atoms with Crippen LogP contribution in [0.25, 0.3) is 10.9 Å². The van der Waals surface area contributed by atoms with Gasteiger partial charge in [0.15, 0.2) is 0 Å². The Balaban J connectivity index is 0.000000298. The molecule has 1 atom stereocenters. The molecule has 1 amide bonds. The van der Waals surface area contributed by atoms with E-state index < -0.39 is 12.1 Å². The number of nitrogens with two attached hydrogens (primary N) is 1. The van der Waals surface area contributed by atoms with Crippen molar-refractivity contribution >= 4 is 22.8 Å². The maximum absolute atomic E-state index is 12.2. The Hall–Kier alpha value is -3.02. The molecule has 1 aliphatic heterocycles. The van der Waals surface area contributed by atoms with Crippen LogP contribution in [-0.4, -0.2) is 62.1 Å². The Morgan fingerprint density at radius 1 is 1.35 bits per heavy atom. The molecule has 26 heavy (non-hydrogen) atoms. The van der Waals surface area contributed by atoms with Crippen molar-refractivity contribution in [2.75, 3.05) is 13.1 Å². The van der Waals surface area contributed by atoms with E-state index in [9.17, 15) is 22.8 Å². The molecule has 0 unspecified atom stereocenters. The molecule has 1 saturated heterocycles. The summed E-state index contributed by atoms with van der Waals surface area (Å²) in [5.41, 5.74) is 6.22. The number of pyridine rings is 1. The van der Waals surface area contributed by atoms with Crippen molar-refractivity contribution in [2.45, 2.75) is 18.6 Å².